The maximum atomic E-state index is 11.7. The van der Waals surface area contributed by atoms with Crippen molar-refractivity contribution in [3.8, 4) is 0 Å². The van der Waals surface area contributed by atoms with E-state index in [4.69, 9.17) is 9.47 Å². The van der Waals surface area contributed by atoms with Gasteiger partial charge in [0.2, 0.25) is 0 Å². The molecule has 0 unspecified atom stereocenters. The zero-order valence-corrected chi connectivity index (χ0v) is 14.7. The van der Waals surface area contributed by atoms with Gasteiger partial charge in [-0.3, -0.25) is 4.79 Å². The number of rotatable bonds is 6. The minimum atomic E-state index is -4.77. The molecule has 7 nitrogen and oxygen atoms in total. The molecule has 0 radical (unpaired) electrons. The Labute approximate surface area is 144 Å². The van der Waals surface area contributed by atoms with Gasteiger partial charge in [0.25, 0.3) is 0 Å². The maximum Gasteiger partial charge on any atom is 1.00 e. The Balaban J connectivity index is 0.00000400. The first kappa shape index (κ1) is 20.2. The molecule has 1 rings (SSSR count). The van der Waals surface area contributed by atoms with Gasteiger partial charge in [-0.25, -0.2) is 13.2 Å². The van der Waals surface area contributed by atoms with Gasteiger partial charge in [0, 0.05) is 12.7 Å². The number of hydrogen-bond acceptors (Lipinski definition) is 7. The van der Waals surface area contributed by atoms with Crippen molar-refractivity contribution in [2.45, 2.75) is 11.8 Å². The van der Waals surface area contributed by atoms with Crippen molar-refractivity contribution in [1.29, 1.82) is 0 Å². The summed E-state index contributed by atoms with van der Waals surface area (Å²) < 4.78 is 42.5. The van der Waals surface area contributed by atoms with Crippen LogP contribution in [-0.2, 0) is 19.6 Å². The number of carbonyl (C=O) groups excluding carboxylic acids is 2. The topological polar surface area (TPSA) is 110 Å². The molecular formula is C12H13NaO7S. The molecule has 0 spiro atoms. The summed E-state index contributed by atoms with van der Waals surface area (Å²) >= 11 is 0. The van der Waals surface area contributed by atoms with E-state index in [9.17, 15) is 22.6 Å². The molecule has 21 heavy (non-hydrogen) atoms. The molecule has 0 aliphatic heterocycles. The van der Waals surface area contributed by atoms with Crippen molar-refractivity contribution >= 4 is 21.9 Å². The maximum absolute atomic E-state index is 11.7. The number of ketones is 1. The molecule has 0 amide bonds. The third-order valence-corrected chi connectivity index (χ3v) is 3.17. The van der Waals surface area contributed by atoms with Crippen molar-refractivity contribution in [1.82, 2.24) is 0 Å². The summed E-state index contributed by atoms with van der Waals surface area (Å²) in [7, 11) is -3.35. The number of benzene rings is 1. The minimum Gasteiger partial charge on any atom is -0.744 e. The molecule has 0 aliphatic rings. The normalized spacial score (nSPS) is 10.6. The molecular weight excluding hydrogens is 311 g/mol. The monoisotopic (exact) mass is 324 g/mol. The summed E-state index contributed by atoms with van der Waals surface area (Å²) in [6, 6.07) is 2.98. The van der Waals surface area contributed by atoms with E-state index in [1.165, 1.54) is 20.1 Å². The Morgan fingerprint density at radius 3 is 2.19 bits per heavy atom. The first-order valence-corrected chi connectivity index (χ1v) is 6.94. The van der Waals surface area contributed by atoms with Crippen LogP contribution >= 0.6 is 0 Å². The average molecular weight is 324 g/mol. The Bertz CT molecular complexity index is 624. The molecule has 0 saturated heterocycles. The molecule has 0 aromatic heterocycles. The van der Waals surface area contributed by atoms with Crippen LogP contribution in [0.2, 0.25) is 0 Å². The third-order valence-electron chi connectivity index (χ3n) is 2.36. The van der Waals surface area contributed by atoms with Crippen LogP contribution in [0, 0.1) is 0 Å². The Hall–Kier alpha value is -0.770. The van der Waals surface area contributed by atoms with Gasteiger partial charge in [0.05, 0.1) is 17.1 Å². The average Bonchev–Trinajstić information content (AvgIpc) is 2.37. The van der Waals surface area contributed by atoms with Gasteiger partial charge in [-0.05, 0) is 25.1 Å². The molecule has 110 valence electrons. The SMILES string of the molecule is COCCOC(=O)c1cc(C(C)=O)cc(S(=O)(=O)[O-])c1.[Na+]. The Kier molecular flexibility index (Phi) is 8.30. The smallest absolute Gasteiger partial charge is 0.744 e. The van der Waals surface area contributed by atoms with Gasteiger partial charge >= 0.3 is 35.5 Å². The van der Waals surface area contributed by atoms with E-state index in [1.807, 2.05) is 0 Å². The van der Waals surface area contributed by atoms with Crippen LogP contribution in [0.1, 0.15) is 27.6 Å². The van der Waals surface area contributed by atoms with Crippen LogP contribution in [0.3, 0.4) is 0 Å². The fourth-order valence-electron chi connectivity index (χ4n) is 1.37. The van der Waals surface area contributed by atoms with E-state index >= 15 is 0 Å². The first-order valence-electron chi connectivity index (χ1n) is 5.53. The molecule has 0 heterocycles. The van der Waals surface area contributed by atoms with Gasteiger partial charge in [0.1, 0.15) is 16.7 Å². The predicted molar refractivity (Wildman–Crippen MR) is 66.6 cm³/mol. The van der Waals surface area contributed by atoms with Gasteiger partial charge in [0.15, 0.2) is 5.78 Å². The van der Waals surface area contributed by atoms with Gasteiger partial charge < -0.3 is 14.0 Å². The molecule has 0 bridgehead atoms. The molecule has 0 fully saturated rings. The van der Waals surface area contributed by atoms with E-state index in [-0.39, 0.29) is 53.9 Å². The zero-order chi connectivity index (χ0) is 15.3. The summed E-state index contributed by atoms with van der Waals surface area (Å²) in [5.41, 5.74) is -0.233. The Morgan fingerprint density at radius 2 is 1.71 bits per heavy atom. The number of hydrogen-bond donors (Lipinski definition) is 0. The van der Waals surface area contributed by atoms with E-state index < -0.39 is 26.8 Å². The molecule has 9 heteroatoms. The number of Topliss-reactive ketones (excluding diaryl/α,β-unsaturated/α-hetero) is 1. The fraction of sp³-hybridized carbons (Fsp3) is 0.333. The van der Waals surface area contributed by atoms with E-state index in [0.717, 1.165) is 12.1 Å². The van der Waals surface area contributed by atoms with Gasteiger partial charge in [-0.1, -0.05) is 0 Å². The molecule has 0 aliphatic carbocycles. The van der Waals surface area contributed by atoms with Crippen molar-refractivity contribution in [3.63, 3.8) is 0 Å². The largest absolute Gasteiger partial charge is 1.00 e. The van der Waals surface area contributed by atoms with Crippen LogP contribution in [0.4, 0.5) is 0 Å². The predicted octanol–water partition coefficient (Wildman–Crippen LogP) is -2.40. The second-order valence-corrected chi connectivity index (χ2v) is 5.26. The van der Waals surface area contributed by atoms with Gasteiger partial charge in [-0.2, -0.15) is 0 Å². The third kappa shape index (κ3) is 6.25. The van der Waals surface area contributed by atoms with Crippen LogP contribution in [0.25, 0.3) is 0 Å². The number of ether oxygens (including phenoxy) is 2. The second-order valence-electron chi connectivity index (χ2n) is 3.89. The van der Waals surface area contributed by atoms with Crippen LogP contribution in [-0.4, -0.2) is 45.0 Å². The van der Waals surface area contributed by atoms with Crippen LogP contribution < -0.4 is 29.6 Å². The van der Waals surface area contributed by atoms with Crippen molar-refractivity contribution in [3.05, 3.63) is 29.3 Å². The van der Waals surface area contributed by atoms with E-state index in [1.54, 1.807) is 0 Å². The number of carbonyl (C=O) groups is 2. The van der Waals surface area contributed by atoms with E-state index in [0.29, 0.717) is 0 Å². The molecule has 0 N–H and O–H groups in total. The zero-order valence-electron chi connectivity index (χ0n) is 11.9. The second kappa shape index (κ2) is 8.62. The molecule has 1 aromatic rings. The van der Waals surface area contributed by atoms with Crippen LogP contribution in [0.15, 0.2) is 23.1 Å². The van der Waals surface area contributed by atoms with Crippen LogP contribution in [0.5, 0.6) is 0 Å². The molecule has 0 saturated carbocycles. The molecule has 0 atom stereocenters. The van der Waals surface area contributed by atoms with Crippen molar-refractivity contribution in [2.24, 2.45) is 0 Å². The molecule has 1 aromatic carbocycles. The summed E-state index contributed by atoms with van der Waals surface area (Å²) in [5.74, 6) is -1.31. The first-order chi connectivity index (χ1) is 9.25. The van der Waals surface area contributed by atoms with E-state index in [2.05, 4.69) is 0 Å². The quantitative estimate of drug-likeness (QED) is 0.189. The van der Waals surface area contributed by atoms with Crippen molar-refractivity contribution in [2.75, 3.05) is 20.3 Å². The summed E-state index contributed by atoms with van der Waals surface area (Å²) in [5, 5.41) is 0. The van der Waals surface area contributed by atoms with Gasteiger partial charge in [-0.15, -0.1) is 0 Å². The number of esters is 1. The number of methoxy groups -OCH3 is 1. The van der Waals surface area contributed by atoms with Crippen molar-refractivity contribution < 1.29 is 61.6 Å². The minimum absolute atomic E-state index is 0. The summed E-state index contributed by atoms with van der Waals surface area (Å²) in [6.07, 6.45) is 0. The standard InChI is InChI=1S/C12H14O7S.Na/c1-8(13)9-5-10(12(14)19-4-3-18-2)7-11(6-9)20(15,16)17;/h5-7H,3-4H2,1-2H3,(H,15,16,17);/q;+1/p-1. The Morgan fingerprint density at radius 1 is 1.14 bits per heavy atom. The summed E-state index contributed by atoms with van der Waals surface area (Å²) in [6.45, 7) is 1.33. The summed E-state index contributed by atoms with van der Waals surface area (Å²) in [4.78, 5) is 22.3. The fourth-order valence-corrected chi connectivity index (χ4v) is 1.91.